The van der Waals surface area contributed by atoms with E-state index in [9.17, 15) is 18.0 Å². The molecule has 0 unspecified atom stereocenters. The molecule has 1 amide bonds. The molecule has 0 N–H and O–H groups in total. The van der Waals surface area contributed by atoms with Gasteiger partial charge >= 0.3 is 0 Å². The number of likely N-dealkylation sites (N-methyl/N-ethyl adjacent to an activating group) is 1. The second-order valence-corrected chi connectivity index (χ2v) is 10.8. The zero-order chi connectivity index (χ0) is 20.8. The largest absolute Gasteiger partial charge is 0.315 e. The SMILES string of the molecule is CN1C(=O)Cc2cc(C(=O)CSc3nnc(C[C@@H]4CCS(=O)(=O)C4)n3C)ccc21. The van der Waals surface area contributed by atoms with Gasteiger partial charge < -0.3 is 9.47 Å². The number of benzene rings is 1. The first-order chi connectivity index (χ1) is 13.7. The van der Waals surface area contributed by atoms with Gasteiger partial charge in [0.05, 0.1) is 23.7 Å². The van der Waals surface area contributed by atoms with Gasteiger partial charge in [0.15, 0.2) is 20.8 Å². The molecular formula is C19H22N4O4S2. The highest BCUT2D eigenvalue weighted by atomic mass is 32.2. The van der Waals surface area contributed by atoms with Gasteiger partial charge in [-0.3, -0.25) is 9.59 Å². The van der Waals surface area contributed by atoms with Crippen LogP contribution < -0.4 is 4.90 Å². The van der Waals surface area contributed by atoms with Crippen LogP contribution in [-0.2, 0) is 34.5 Å². The summed E-state index contributed by atoms with van der Waals surface area (Å²) in [6, 6.07) is 5.36. The zero-order valence-corrected chi connectivity index (χ0v) is 17.9. The summed E-state index contributed by atoms with van der Waals surface area (Å²) in [5.74, 6) is 1.47. The average Bonchev–Trinajstić information content (AvgIpc) is 3.29. The molecule has 2 aliphatic rings. The maximum Gasteiger partial charge on any atom is 0.231 e. The Morgan fingerprint density at radius 3 is 2.79 bits per heavy atom. The lowest BCUT2D eigenvalue weighted by Crippen LogP contribution is -2.20. The van der Waals surface area contributed by atoms with E-state index in [1.165, 1.54) is 11.8 Å². The fraction of sp³-hybridized carbons (Fsp3) is 0.474. The highest BCUT2D eigenvalue weighted by Gasteiger charge is 2.29. The lowest BCUT2D eigenvalue weighted by atomic mass is 10.1. The van der Waals surface area contributed by atoms with Crippen molar-refractivity contribution in [2.45, 2.75) is 24.4 Å². The maximum atomic E-state index is 12.6. The highest BCUT2D eigenvalue weighted by Crippen LogP contribution is 2.29. The molecule has 3 heterocycles. The number of Topliss-reactive ketones (excluding diaryl/α,β-unsaturated/α-hetero) is 1. The van der Waals surface area contributed by atoms with Crippen LogP contribution in [0.2, 0.25) is 0 Å². The molecule has 1 aromatic carbocycles. The molecule has 1 aromatic heterocycles. The number of sulfone groups is 1. The molecule has 2 aliphatic heterocycles. The molecule has 8 nitrogen and oxygen atoms in total. The molecule has 1 saturated heterocycles. The van der Waals surface area contributed by atoms with Crippen LogP contribution in [-0.4, -0.2) is 59.2 Å². The summed E-state index contributed by atoms with van der Waals surface area (Å²) in [7, 11) is 0.654. The molecule has 154 valence electrons. The number of carbonyl (C=O) groups is 2. The van der Waals surface area contributed by atoms with Crippen molar-refractivity contribution >= 4 is 39.0 Å². The van der Waals surface area contributed by atoms with Crippen molar-refractivity contribution in [2.24, 2.45) is 13.0 Å². The van der Waals surface area contributed by atoms with Crippen molar-refractivity contribution in [1.29, 1.82) is 0 Å². The van der Waals surface area contributed by atoms with Gasteiger partial charge in [0.1, 0.15) is 5.82 Å². The van der Waals surface area contributed by atoms with E-state index in [1.54, 1.807) is 24.1 Å². The first-order valence-electron chi connectivity index (χ1n) is 9.37. The topological polar surface area (TPSA) is 102 Å². The zero-order valence-electron chi connectivity index (χ0n) is 16.3. The fourth-order valence-corrected chi connectivity index (χ4v) is 6.48. The smallest absolute Gasteiger partial charge is 0.231 e. The number of hydrogen-bond donors (Lipinski definition) is 0. The van der Waals surface area contributed by atoms with Crippen molar-refractivity contribution in [3.8, 4) is 0 Å². The van der Waals surface area contributed by atoms with Gasteiger partial charge in [-0.25, -0.2) is 8.42 Å². The van der Waals surface area contributed by atoms with Crippen molar-refractivity contribution in [3.05, 3.63) is 35.2 Å². The number of thioether (sulfide) groups is 1. The highest BCUT2D eigenvalue weighted by molar-refractivity contribution is 7.99. The van der Waals surface area contributed by atoms with Gasteiger partial charge in [-0.05, 0) is 36.1 Å². The molecule has 1 atom stereocenters. The Balaban J connectivity index is 1.39. The summed E-state index contributed by atoms with van der Waals surface area (Å²) in [6.07, 6.45) is 1.55. The number of ketones is 1. The van der Waals surface area contributed by atoms with Crippen LogP contribution in [0.25, 0.3) is 0 Å². The van der Waals surface area contributed by atoms with Crippen LogP contribution in [0, 0.1) is 5.92 Å². The minimum atomic E-state index is -2.92. The second-order valence-electron chi connectivity index (χ2n) is 7.62. The van der Waals surface area contributed by atoms with Gasteiger partial charge in [0, 0.05) is 31.8 Å². The van der Waals surface area contributed by atoms with E-state index < -0.39 is 9.84 Å². The van der Waals surface area contributed by atoms with Gasteiger partial charge in [-0.1, -0.05) is 11.8 Å². The average molecular weight is 435 g/mol. The Labute approximate surface area is 173 Å². The number of nitrogens with zero attached hydrogens (tertiary/aromatic N) is 4. The molecule has 4 rings (SSSR count). The molecule has 0 spiro atoms. The van der Waals surface area contributed by atoms with E-state index in [1.807, 2.05) is 17.7 Å². The number of carbonyl (C=O) groups excluding carboxylic acids is 2. The van der Waals surface area contributed by atoms with Gasteiger partial charge in [0.2, 0.25) is 5.91 Å². The van der Waals surface area contributed by atoms with Crippen molar-refractivity contribution in [2.75, 3.05) is 29.2 Å². The summed E-state index contributed by atoms with van der Waals surface area (Å²) in [5.41, 5.74) is 2.31. The first-order valence-corrected chi connectivity index (χ1v) is 12.2. The molecule has 0 saturated carbocycles. The van der Waals surface area contributed by atoms with Crippen LogP contribution in [0.15, 0.2) is 23.4 Å². The lowest BCUT2D eigenvalue weighted by Gasteiger charge is -2.10. The number of aromatic nitrogens is 3. The molecule has 1 fully saturated rings. The van der Waals surface area contributed by atoms with E-state index in [-0.39, 0.29) is 34.9 Å². The molecule has 0 radical (unpaired) electrons. The standard InChI is InChI=1S/C19H22N4O4S2/c1-22-15-4-3-13(8-14(15)9-18(22)25)16(24)10-28-19-21-20-17(23(19)2)7-12-5-6-29(26,27)11-12/h3-4,8,12H,5-7,9-11H2,1-2H3/t12-/m0/s1. The Morgan fingerprint density at radius 2 is 2.07 bits per heavy atom. The number of hydrogen-bond acceptors (Lipinski definition) is 7. The van der Waals surface area contributed by atoms with Crippen molar-refractivity contribution < 1.29 is 18.0 Å². The predicted octanol–water partition coefficient (Wildman–Crippen LogP) is 1.29. The molecule has 2 aromatic rings. The maximum absolute atomic E-state index is 12.6. The van der Waals surface area contributed by atoms with Crippen LogP contribution in [0.1, 0.15) is 28.2 Å². The Morgan fingerprint density at radius 1 is 1.28 bits per heavy atom. The lowest BCUT2D eigenvalue weighted by molar-refractivity contribution is -0.117. The summed E-state index contributed by atoms with van der Waals surface area (Å²) < 4.78 is 25.1. The molecule has 0 bridgehead atoms. The molecule has 29 heavy (non-hydrogen) atoms. The summed E-state index contributed by atoms with van der Waals surface area (Å²) in [5, 5.41) is 8.97. The van der Waals surface area contributed by atoms with Crippen LogP contribution >= 0.6 is 11.8 Å². The van der Waals surface area contributed by atoms with Gasteiger partial charge in [-0.2, -0.15) is 0 Å². The fourth-order valence-electron chi connectivity index (χ4n) is 3.80. The number of rotatable bonds is 6. The van der Waals surface area contributed by atoms with Gasteiger partial charge in [-0.15, -0.1) is 10.2 Å². The normalized spacial score (nSPS) is 20.3. The third-order valence-corrected chi connectivity index (χ3v) is 8.39. The van der Waals surface area contributed by atoms with Crippen LogP contribution in [0.4, 0.5) is 5.69 Å². The Bertz CT molecular complexity index is 1090. The van der Waals surface area contributed by atoms with E-state index in [0.717, 1.165) is 17.1 Å². The summed E-state index contributed by atoms with van der Waals surface area (Å²) in [4.78, 5) is 26.0. The number of anilines is 1. The monoisotopic (exact) mass is 434 g/mol. The minimum Gasteiger partial charge on any atom is -0.315 e. The molecule has 0 aliphatic carbocycles. The van der Waals surface area contributed by atoms with Gasteiger partial charge in [0.25, 0.3) is 0 Å². The quantitative estimate of drug-likeness (QED) is 0.499. The van der Waals surface area contributed by atoms with E-state index in [2.05, 4.69) is 10.2 Å². The summed E-state index contributed by atoms with van der Waals surface area (Å²) >= 11 is 1.31. The van der Waals surface area contributed by atoms with Crippen LogP contribution in [0.3, 0.4) is 0 Å². The van der Waals surface area contributed by atoms with E-state index in [0.29, 0.717) is 30.0 Å². The molecule has 10 heteroatoms. The second kappa shape index (κ2) is 7.56. The third-order valence-electron chi connectivity index (χ3n) is 5.53. The third kappa shape index (κ3) is 4.09. The van der Waals surface area contributed by atoms with E-state index >= 15 is 0 Å². The van der Waals surface area contributed by atoms with E-state index in [4.69, 9.17) is 0 Å². The Hall–Kier alpha value is -2.20. The number of fused-ring (bicyclic) bond motifs is 1. The predicted molar refractivity (Wildman–Crippen MR) is 110 cm³/mol. The molecular weight excluding hydrogens is 412 g/mol. The number of amides is 1. The Kier molecular flexibility index (Phi) is 5.24. The van der Waals surface area contributed by atoms with Crippen LogP contribution in [0.5, 0.6) is 0 Å². The van der Waals surface area contributed by atoms with Crippen molar-refractivity contribution in [1.82, 2.24) is 14.8 Å². The van der Waals surface area contributed by atoms with Crippen molar-refractivity contribution in [3.63, 3.8) is 0 Å². The minimum absolute atomic E-state index is 0.0284. The summed E-state index contributed by atoms with van der Waals surface area (Å²) in [6.45, 7) is 0. The first kappa shape index (κ1) is 20.1.